The van der Waals surface area contributed by atoms with Crippen molar-refractivity contribution in [3.8, 4) is 0 Å². The summed E-state index contributed by atoms with van der Waals surface area (Å²) in [5.74, 6) is -0.544. The van der Waals surface area contributed by atoms with Crippen LogP contribution in [0.1, 0.15) is 5.56 Å². The zero-order valence-electron chi connectivity index (χ0n) is 5.72. The Bertz CT molecular complexity index is 254. The molecule has 0 saturated carbocycles. The molecule has 0 aromatic carbocycles. The molecule has 4 heteroatoms. The summed E-state index contributed by atoms with van der Waals surface area (Å²) in [6.07, 6.45) is 1.85. The van der Waals surface area contributed by atoms with Crippen molar-refractivity contribution in [1.29, 1.82) is 0 Å². The molecule has 0 atom stereocenters. The normalized spacial score (nSPS) is 10.1. The summed E-state index contributed by atoms with van der Waals surface area (Å²) in [6.45, 7) is -0.0112. The molecule has 0 aliphatic heterocycles. The van der Waals surface area contributed by atoms with Crippen molar-refractivity contribution < 1.29 is 9.50 Å². The van der Waals surface area contributed by atoms with Crippen LogP contribution in [0.25, 0.3) is 0 Å². The molecule has 11 heavy (non-hydrogen) atoms. The lowest BCUT2D eigenvalue weighted by Gasteiger charge is -1.97. The molecule has 60 valence electrons. The van der Waals surface area contributed by atoms with Crippen molar-refractivity contribution in [3.63, 3.8) is 0 Å². The molecule has 1 aromatic rings. The molecule has 0 unspecified atom stereocenters. The fourth-order valence-electron chi connectivity index (χ4n) is 0.727. The fourth-order valence-corrected chi connectivity index (χ4v) is 0.830. The number of nitrogens with zero attached hydrogens (tertiary/aromatic N) is 1. The Morgan fingerprint density at radius 1 is 1.64 bits per heavy atom. The second-order valence-electron chi connectivity index (χ2n) is 2.09. The monoisotopic (exact) mass is 175 g/mol. The predicted octanol–water partition coefficient (Wildman–Crippen LogP) is 1.41. The zero-order chi connectivity index (χ0) is 8.27. The van der Waals surface area contributed by atoms with E-state index < -0.39 is 5.82 Å². The minimum atomic E-state index is -0.544. The first-order chi connectivity index (χ1) is 5.24. The van der Waals surface area contributed by atoms with Gasteiger partial charge >= 0.3 is 0 Å². The van der Waals surface area contributed by atoms with Gasteiger partial charge in [0.1, 0.15) is 0 Å². The van der Waals surface area contributed by atoms with E-state index >= 15 is 0 Å². The lowest BCUT2D eigenvalue weighted by Crippen LogP contribution is -1.93. The number of hydrogen-bond donors (Lipinski definition) is 1. The average molecular weight is 176 g/mol. The summed E-state index contributed by atoms with van der Waals surface area (Å²) in [5.41, 5.74) is 0.648. The van der Waals surface area contributed by atoms with Crippen LogP contribution in [0.2, 0.25) is 5.15 Å². The van der Waals surface area contributed by atoms with Gasteiger partial charge in [-0.25, -0.2) is 9.37 Å². The zero-order valence-corrected chi connectivity index (χ0v) is 6.48. The molecule has 0 fully saturated rings. The molecular formula is C7H7ClFNO. The summed E-state index contributed by atoms with van der Waals surface area (Å²) in [4.78, 5) is 3.58. The molecule has 0 aliphatic rings. The van der Waals surface area contributed by atoms with E-state index in [4.69, 9.17) is 16.7 Å². The van der Waals surface area contributed by atoms with E-state index in [1.54, 1.807) is 0 Å². The van der Waals surface area contributed by atoms with Crippen molar-refractivity contribution in [2.24, 2.45) is 0 Å². The van der Waals surface area contributed by atoms with Gasteiger partial charge < -0.3 is 5.11 Å². The first-order valence-electron chi connectivity index (χ1n) is 3.15. The first kappa shape index (κ1) is 8.43. The highest BCUT2D eigenvalue weighted by molar-refractivity contribution is 6.29. The summed E-state index contributed by atoms with van der Waals surface area (Å²) >= 11 is 5.33. The van der Waals surface area contributed by atoms with E-state index in [9.17, 15) is 4.39 Å². The van der Waals surface area contributed by atoms with Crippen molar-refractivity contribution >= 4 is 11.6 Å². The third kappa shape index (κ3) is 2.13. The smallest absolute Gasteiger partial charge is 0.164 e. The van der Waals surface area contributed by atoms with Crippen molar-refractivity contribution in [3.05, 3.63) is 28.8 Å². The Balaban J connectivity index is 2.86. The fraction of sp³-hybridized carbons (Fsp3) is 0.286. The van der Waals surface area contributed by atoms with Gasteiger partial charge in [0.05, 0.1) is 0 Å². The summed E-state index contributed by atoms with van der Waals surface area (Å²) in [6, 6.07) is 1.27. The molecule has 1 rings (SSSR count). The maximum absolute atomic E-state index is 12.6. The molecule has 1 N–H and O–H groups in total. The van der Waals surface area contributed by atoms with Crippen LogP contribution in [0, 0.1) is 5.82 Å². The van der Waals surface area contributed by atoms with Crippen LogP contribution in [0.15, 0.2) is 12.3 Å². The Morgan fingerprint density at radius 3 is 2.91 bits per heavy atom. The SMILES string of the molecule is OCCc1cnc(Cl)c(F)c1. The quantitative estimate of drug-likeness (QED) is 0.690. The second-order valence-corrected chi connectivity index (χ2v) is 2.45. The standard InChI is InChI=1S/C7H7ClFNO/c8-7-6(9)3-5(1-2-11)4-10-7/h3-4,11H,1-2H2. The molecular weight excluding hydrogens is 169 g/mol. The van der Waals surface area contributed by atoms with E-state index in [1.807, 2.05) is 0 Å². The van der Waals surface area contributed by atoms with Crippen molar-refractivity contribution in [2.75, 3.05) is 6.61 Å². The highest BCUT2D eigenvalue weighted by Gasteiger charge is 2.00. The number of aromatic nitrogens is 1. The molecule has 1 aromatic heterocycles. The van der Waals surface area contributed by atoms with Gasteiger partial charge in [-0.15, -0.1) is 0 Å². The largest absolute Gasteiger partial charge is 0.396 e. The third-order valence-corrected chi connectivity index (χ3v) is 1.53. The lowest BCUT2D eigenvalue weighted by atomic mass is 10.2. The van der Waals surface area contributed by atoms with Gasteiger partial charge in [0.25, 0.3) is 0 Å². The summed E-state index contributed by atoms with van der Waals surface area (Å²) < 4.78 is 12.6. The maximum Gasteiger partial charge on any atom is 0.164 e. The summed E-state index contributed by atoms with van der Waals surface area (Å²) in [7, 11) is 0. The average Bonchev–Trinajstić information content (AvgIpc) is 1.98. The predicted molar refractivity (Wildman–Crippen MR) is 40.0 cm³/mol. The van der Waals surface area contributed by atoms with Crippen LogP contribution >= 0.6 is 11.6 Å². The van der Waals surface area contributed by atoms with Gasteiger partial charge in [0.15, 0.2) is 11.0 Å². The lowest BCUT2D eigenvalue weighted by molar-refractivity contribution is 0.299. The van der Waals surface area contributed by atoms with E-state index in [2.05, 4.69) is 4.98 Å². The third-order valence-electron chi connectivity index (χ3n) is 1.25. The van der Waals surface area contributed by atoms with Crippen LogP contribution in [0.5, 0.6) is 0 Å². The van der Waals surface area contributed by atoms with E-state index in [-0.39, 0.29) is 11.8 Å². The van der Waals surface area contributed by atoms with Gasteiger partial charge in [-0.05, 0) is 18.1 Å². The Hall–Kier alpha value is -0.670. The van der Waals surface area contributed by atoms with Gasteiger partial charge in [0.2, 0.25) is 0 Å². The Morgan fingerprint density at radius 2 is 2.36 bits per heavy atom. The Labute approximate surface area is 68.6 Å². The maximum atomic E-state index is 12.6. The highest BCUT2D eigenvalue weighted by Crippen LogP contribution is 2.11. The topological polar surface area (TPSA) is 33.1 Å². The molecule has 0 saturated heterocycles. The van der Waals surface area contributed by atoms with Gasteiger partial charge in [-0.3, -0.25) is 0 Å². The van der Waals surface area contributed by atoms with Gasteiger partial charge in [0, 0.05) is 12.8 Å². The molecule has 0 spiro atoms. The van der Waals surface area contributed by atoms with Gasteiger partial charge in [-0.1, -0.05) is 11.6 Å². The van der Waals surface area contributed by atoms with Crippen LogP contribution in [0.4, 0.5) is 4.39 Å². The molecule has 0 aliphatic carbocycles. The van der Waals surface area contributed by atoms with Crippen LogP contribution in [-0.2, 0) is 6.42 Å². The Kier molecular flexibility index (Phi) is 2.79. The van der Waals surface area contributed by atoms with Crippen LogP contribution < -0.4 is 0 Å². The number of hydrogen-bond acceptors (Lipinski definition) is 2. The van der Waals surface area contributed by atoms with Gasteiger partial charge in [-0.2, -0.15) is 0 Å². The highest BCUT2D eigenvalue weighted by atomic mass is 35.5. The number of aliphatic hydroxyl groups is 1. The van der Waals surface area contributed by atoms with Crippen LogP contribution in [0.3, 0.4) is 0 Å². The summed E-state index contributed by atoms with van der Waals surface area (Å²) in [5, 5.41) is 8.36. The second kappa shape index (κ2) is 3.64. The molecule has 0 amide bonds. The molecule has 2 nitrogen and oxygen atoms in total. The minimum absolute atomic E-state index is 0.0112. The number of pyridine rings is 1. The van der Waals surface area contributed by atoms with Crippen molar-refractivity contribution in [2.45, 2.75) is 6.42 Å². The van der Waals surface area contributed by atoms with E-state index in [0.717, 1.165) is 0 Å². The van der Waals surface area contributed by atoms with E-state index in [0.29, 0.717) is 12.0 Å². The van der Waals surface area contributed by atoms with E-state index in [1.165, 1.54) is 12.3 Å². The van der Waals surface area contributed by atoms with Crippen LogP contribution in [-0.4, -0.2) is 16.7 Å². The molecule has 0 bridgehead atoms. The number of rotatable bonds is 2. The minimum Gasteiger partial charge on any atom is -0.396 e. The molecule has 0 radical (unpaired) electrons. The van der Waals surface area contributed by atoms with Crippen molar-refractivity contribution in [1.82, 2.24) is 4.98 Å². The first-order valence-corrected chi connectivity index (χ1v) is 3.52. The number of halogens is 2. The molecule has 1 heterocycles. The number of aliphatic hydroxyl groups excluding tert-OH is 1.